The number of nitrogens with one attached hydrogen (secondary N) is 2. The number of hydrogen-bond acceptors (Lipinski definition) is 8. The number of carbonyl (C=O) groups is 2. The molecule has 0 radical (unpaired) electrons. The van der Waals surface area contributed by atoms with Crippen LogP contribution in [0.15, 0.2) is 60.7 Å². The van der Waals surface area contributed by atoms with Crippen molar-refractivity contribution in [2.45, 2.75) is 0 Å². The van der Waals surface area contributed by atoms with Gasteiger partial charge in [-0.15, -0.1) is 0 Å². The molecule has 0 saturated carbocycles. The maximum Gasteiger partial charge on any atom is 0.296 e. The number of benzene rings is 3. The second kappa shape index (κ2) is 10.1. The minimum atomic E-state index is -0.649. The maximum absolute atomic E-state index is 12.5. The van der Waals surface area contributed by atoms with Crippen LogP contribution in [0.1, 0.15) is 20.7 Å². The van der Waals surface area contributed by atoms with Crippen LogP contribution in [0.25, 0.3) is 0 Å². The fraction of sp³-hybridized carbons (Fsp3) is 0.0909. The predicted octanol–water partition coefficient (Wildman–Crippen LogP) is 4.02. The Morgan fingerprint density at radius 2 is 1.03 bits per heavy atom. The molecule has 3 rings (SSSR count). The highest BCUT2D eigenvalue weighted by Crippen LogP contribution is 2.30. The summed E-state index contributed by atoms with van der Waals surface area (Å²) in [6, 6.07) is 13.4. The molecule has 0 heterocycles. The SMILES string of the molecule is COc1ccc(NC(=O)c2ccc(C(=O)Nc3ccc(OC)cc3[N+](=O)[O-])cc2)c([N+](=O)[O-])c1. The molecule has 2 N–H and O–H groups in total. The van der Waals surface area contributed by atoms with Gasteiger partial charge in [0.25, 0.3) is 23.2 Å². The van der Waals surface area contributed by atoms with E-state index in [0.29, 0.717) is 0 Å². The Kier molecular flexibility index (Phi) is 7.01. The van der Waals surface area contributed by atoms with E-state index >= 15 is 0 Å². The minimum Gasteiger partial charge on any atom is -0.496 e. The van der Waals surface area contributed by atoms with Gasteiger partial charge in [-0.1, -0.05) is 0 Å². The van der Waals surface area contributed by atoms with Crippen LogP contribution in [0, 0.1) is 20.2 Å². The molecule has 0 aromatic heterocycles. The molecule has 174 valence electrons. The molecule has 0 aliphatic carbocycles. The van der Waals surface area contributed by atoms with Crippen LogP contribution in [-0.2, 0) is 0 Å². The zero-order valence-corrected chi connectivity index (χ0v) is 17.9. The molecule has 0 bridgehead atoms. The van der Waals surface area contributed by atoms with Crippen LogP contribution in [0.4, 0.5) is 22.7 Å². The molecule has 0 fully saturated rings. The van der Waals surface area contributed by atoms with Crippen LogP contribution in [0.2, 0.25) is 0 Å². The third-order valence-corrected chi connectivity index (χ3v) is 4.71. The van der Waals surface area contributed by atoms with Crippen molar-refractivity contribution in [1.82, 2.24) is 0 Å². The molecule has 3 aromatic carbocycles. The molecule has 34 heavy (non-hydrogen) atoms. The first-order chi connectivity index (χ1) is 16.2. The molecule has 12 nitrogen and oxygen atoms in total. The van der Waals surface area contributed by atoms with Crippen molar-refractivity contribution >= 4 is 34.6 Å². The fourth-order valence-corrected chi connectivity index (χ4v) is 2.95. The van der Waals surface area contributed by atoms with Gasteiger partial charge in [-0.3, -0.25) is 29.8 Å². The number of amides is 2. The van der Waals surface area contributed by atoms with Gasteiger partial charge in [0.05, 0.1) is 36.2 Å². The molecule has 0 spiro atoms. The summed E-state index contributed by atoms with van der Waals surface area (Å²) in [5.74, 6) is -0.744. The topological polar surface area (TPSA) is 163 Å². The van der Waals surface area contributed by atoms with Crippen LogP contribution >= 0.6 is 0 Å². The van der Waals surface area contributed by atoms with Crippen LogP contribution < -0.4 is 20.1 Å². The van der Waals surface area contributed by atoms with Crippen LogP contribution in [0.3, 0.4) is 0 Å². The highest BCUT2D eigenvalue weighted by atomic mass is 16.6. The van der Waals surface area contributed by atoms with E-state index in [2.05, 4.69) is 10.6 Å². The number of rotatable bonds is 8. The lowest BCUT2D eigenvalue weighted by molar-refractivity contribution is -0.384. The van der Waals surface area contributed by atoms with E-state index in [1.54, 1.807) is 0 Å². The first kappa shape index (κ1) is 23.7. The first-order valence-corrected chi connectivity index (χ1v) is 9.61. The number of methoxy groups -OCH3 is 2. The first-order valence-electron chi connectivity index (χ1n) is 9.61. The third kappa shape index (κ3) is 5.24. The van der Waals surface area contributed by atoms with Gasteiger partial charge in [0.1, 0.15) is 22.9 Å². The third-order valence-electron chi connectivity index (χ3n) is 4.71. The quantitative estimate of drug-likeness (QED) is 0.371. The number of nitrogens with zero attached hydrogens (tertiary/aromatic N) is 2. The van der Waals surface area contributed by atoms with Gasteiger partial charge >= 0.3 is 0 Å². The van der Waals surface area contributed by atoms with E-state index in [9.17, 15) is 29.8 Å². The molecule has 0 atom stereocenters. The van der Waals surface area contributed by atoms with Gasteiger partial charge in [0, 0.05) is 11.1 Å². The lowest BCUT2D eigenvalue weighted by atomic mass is 10.1. The van der Waals surface area contributed by atoms with E-state index in [4.69, 9.17) is 9.47 Å². The summed E-state index contributed by atoms with van der Waals surface area (Å²) in [7, 11) is 2.73. The molecule has 0 unspecified atom stereocenters. The molecular formula is C22H18N4O8. The predicted molar refractivity (Wildman–Crippen MR) is 122 cm³/mol. The zero-order chi connectivity index (χ0) is 24.8. The number of nitro benzene ring substituents is 2. The van der Waals surface area contributed by atoms with E-state index < -0.39 is 21.7 Å². The maximum atomic E-state index is 12.5. The summed E-state index contributed by atoms with van der Waals surface area (Å²) in [6.45, 7) is 0. The summed E-state index contributed by atoms with van der Waals surface area (Å²) in [5, 5.41) is 27.5. The van der Waals surface area contributed by atoms with Crippen molar-refractivity contribution < 1.29 is 28.9 Å². The normalized spacial score (nSPS) is 10.2. The summed E-state index contributed by atoms with van der Waals surface area (Å²) >= 11 is 0. The Balaban J connectivity index is 1.75. The second-order valence-electron chi connectivity index (χ2n) is 6.77. The number of hydrogen-bond donors (Lipinski definition) is 2. The highest BCUT2D eigenvalue weighted by molar-refractivity contribution is 6.08. The average molecular weight is 466 g/mol. The summed E-state index contributed by atoms with van der Waals surface area (Å²) in [6.07, 6.45) is 0. The van der Waals surface area contributed by atoms with Crippen molar-refractivity contribution in [2.24, 2.45) is 0 Å². The average Bonchev–Trinajstić information content (AvgIpc) is 2.84. The van der Waals surface area contributed by atoms with Crippen molar-refractivity contribution in [2.75, 3.05) is 24.9 Å². The molecule has 12 heteroatoms. The van der Waals surface area contributed by atoms with Crippen molar-refractivity contribution in [3.8, 4) is 11.5 Å². The summed E-state index contributed by atoms with van der Waals surface area (Å²) < 4.78 is 9.92. The number of anilines is 2. The Morgan fingerprint density at radius 1 is 0.676 bits per heavy atom. The summed E-state index contributed by atoms with van der Waals surface area (Å²) in [4.78, 5) is 46.4. The molecule has 3 aromatic rings. The molecule has 0 saturated heterocycles. The van der Waals surface area contributed by atoms with Crippen LogP contribution in [-0.4, -0.2) is 35.9 Å². The molecule has 0 aliphatic heterocycles. The largest absolute Gasteiger partial charge is 0.496 e. The van der Waals surface area contributed by atoms with Crippen molar-refractivity contribution in [1.29, 1.82) is 0 Å². The van der Waals surface area contributed by atoms with Crippen molar-refractivity contribution in [3.05, 3.63) is 92.0 Å². The van der Waals surface area contributed by atoms with Crippen LogP contribution in [0.5, 0.6) is 11.5 Å². The standard InChI is InChI=1S/C22H18N4O8/c1-33-15-7-9-17(19(11-15)25(29)30)23-21(27)13-3-5-14(6-4-13)22(28)24-18-10-8-16(34-2)12-20(18)26(31)32/h3-12H,1-2H3,(H,23,27)(H,24,28). The lowest BCUT2D eigenvalue weighted by Crippen LogP contribution is -2.15. The molecule has 2 amide bonds. The van der Waals surface area contributed by atoms with Crippen molar-refractivity contribution in [3.63, 3.8) is 0 Å². The Morgan fingerprint density at radius 3 is 1.32 bits per heavy atom. The minimum absolute atomic E-state index is 0.0237. The summed E-state index contributed by atoms with van der Waals surface area (Å²) in [5.41, 5.74) is -0.461. The second-order valence-corrected chi connectivity index (χ2v) is 6.77. The Hall–Kier alpha value is -5.00. The van der Waals surface area contributed by atoms with E-state index in [0.717, 1.165) is 0 Å². The Bertz CT molecular complexity index is 1180. The van der Waals surface area contributed by atoms with E-state index in [-0.39, 0.29) is 45.4 Å². The smallest absolute Gasteiger partial charge is 0.296 e. The zero-order valence-electron chi connectivity index (χ0n) is 17.9. The monoisotopic (exact) mass is 466 g/mol. The fourth-order valence-electron chi connectivity index (χ4n) is 2.95. The van der Waals surface area contributed by atoms with Gasteiger partial charge in [-0.2, -0.15) is 0 Å². The number of carbonyl (C=O) groups excluding carboxylic acids is 2. The highest BCUT2D eigenvalue weighted by Gasteiger charge is 2.20. The van der Waals surface area contributed by atoms with Gasteiger partial charge in [-0.25, -0.2) is 0 Å². The van der Waals surface area contributed by atoms with Gasteiger partial charge in [0.2, 0.25) is 0 Å². The molecule has 0 aliphatic rings. The van der Waals surface area contributed by atoms with E-state index in [1.165, 1.54) is 74.9 Å². The van der Waals surface area contributed by atoms with E-state index in [1.807, 2.05) is 0 Å². The number of ether oxygens (including phenoxy) is 2. The number of nitro groups is 2. The Labute approximate surface area is 192 Å². The van der Waals surface area contributed by atoms with Gasteiger partial charge in [-0.05, 0) is 48.5 Å². The van der Waals surface area contributed by atoms with Gasteiger partial charge in [0.15, 0.2) is 0 Å². The molecular weight excluding hydrogens is 448 g/mol. The lowest BCUT2D eigenvalue weighted by Gasteiger charge is -2.09. The van der Waals surface area contributed by atoms with Gasteiger partial charge < -0.3 is 20.1 Å².